The summed E-state index contributed by atoms with van der Waals surface area (Å²) in [5.41, 5.74) is 0.611. The van der Waals surface area contributed by atoms with E-state index in [0.29, 0.717) is 11.3 Å². The van der Waals surface area contributed by atoms with Gasteiger partial charge in [0, 0.05) is 17.3 Å². The third-order valence-electron chi connectivity index (χ3n) is 3.59. The summed E-state index contributed by atoms with van der Waals surface area (Å²) in [4.78, 5) is 8.21. The van der Waals surface area contributed by atoms with E-state index in [-0.39, 0.29) is 28.2 Å². The van der Waals surface area contributed by atoms with Crippen molar-refractivity contribution in [3.63, 3.8) is 0 Å². The molecule has 0 saturated heterocycles. The molecule has 0 unspecified atom stereocenters. The SMILES string of the molecule is Cc1cc(F)ccc1Nc1cc(Cl)nc(-c2cccc(C(F)(F)F)c2)n1. The molecule has 0 fully saturated rings. The fraction of sp³-hybridized carbons (Fsp3) is 0.111. The Labute approximate surface area is 151 Å². The van der Waals surface area contributed by atoms with Crippen LogP contribution in [0.1, 0.15) is 11.1 Å². The molecule has 1 N–H and O–H groups in total. The van der Waals surface area contributed by atoms with Crippen molar-refractivity contribution in [2.75, 3.05) is 5.32 Å². The maximum Gasteiger partial charge on any atom is 0.416 e. The van der Waals surface area contributed by atoms with Gasteiger partial charge in [0.1, 0.15) is 16.8 Å². The molecular weight excluding hydrogens is 370 g/mol. The molecule has 1 aromatic heterocycles. The minimum atomic E-state index is -4.47. The van der Waals surface area contributed by atoms with E-state index in [9.17, 15) is 17.6 Å². The summed E-state index contributed by atoms with van der Waals surface area (Å²) in [7, 11) is 0. The van der Waals surface area contributed by atoms with Gasteiger partial charge in [0.25, 0.3) is 0 Å². The maximum atomic E-state index is 13.2. The molecule has 3 rings (SSSR count). The van der Waals surface area contributed by atoms with E-state index in [0.717, 1.165) is 12.1 Å². The molecule has 1 heterocycles. The Morgan fingerprint density at radius 3 is 2.46 bits per heavy atom. The van der Waals surface area contributed by atoms with Gasteiger partial charge >= 0.3 is 6.18 Å². The highest BCUT2D eigenvalue weighted by Crippen LogP contribution is 2.32. The summed E-state index contributed by atoms with van der Waals surface area (Å²) in [5, 5.41) is 3.04. The van der Waals surface area contributed by atoms with Gasteiger partial charge in [-0.3, -0.25) is 0 Å². The smallest absolute Gasteiger partial charge is 0.340 e. The normalized spacial score (nSPS) is 11.5. The Morgan fingerprint density at radius 2 is 1.77 bits per heavy atom. The third kappa shape index (κ3) is 4.11. The van der Waals surface area contributed by atoms with Gasteiger partial charge in [-0.05, 0) is 42.8 Å². The molecule has 0 aliphatic carbocycles. The van der Waals surface area contributed by atoms with Crippen molar-refractivity contribution in [3.05, 3.63) is 70.6 Å². The van der Waals surface area contributed by atoms with Gasteiger partial charge in [0.15, 0.2) is 5.82 Å². The van der Waals surface area contributed by atoms with Gasteiger partial charge in [0.2, 0.25) is 0 Å². The lowest BCUT2D eigenvalue weighted by Gasteiger charge is -2.11. The van der Waals surface area contributed by atoms with Gasteiger partial charge in [-0.25, -0.2) is 14.4 Å². The number of aromatic nitrogens is 2. The number of aryl methyl sites for hydroxylation is 1. The molecule has 0 radical (unpaired) electrons. The van der Waals surface area contributed by atoms with Gasteiger partial charge in [-0.1, -0.05) is 23.7 Å². The van der Waals surface area contributed by atoms with Crippen LogP contribution in [0.25, 0.3) is 11.4 Å². The van der Waals surface area contributed by atoms with Crippen LogP contribution in [-0.2, 0) is 6.18 Å². The molecule has 2 aromatic carbocycles. The first-order valence-corrected chi connectivity index (χ1v) is 7.85. The van der Waals surface area contributed by atoms with Crippen LogP contribution in [0.15, 0.2) is 48.5 Å². The summed E-state index contributed by atoms with van der Waals surface area (Å²) in [6, 6.07) is 10.3. The maximum absolute atomic E-state index is 13.2. The summed E-state index contributed by atoms with van der Waals surface area (Å²) in [6.45, 7) is 1.71. The average Bonchev–Trinajstić information content (AvgIpc) is 2.56. The highest BCUT2D eigenvalue weighted by molar-refractivity contribution is 6.29. The van der Waals surface area contributed by atoms with Gasteiger partial charge in [-0.15, -0.1) is 0 Å². The highest BCUT2D eigenvalue weighted by Gasteiger charge is 2.30. The molecule has 134 valence electrons. The number of alkyl halides is 3. The number of rotatable bonds is 3. The van der Waals surface area contributed by atoms with Crippen LogP contribution in [0.3, 0.4) is 0 Å². The zero-order chi connectivity index (χ0) is 18.9. The first kappa shape index (κ1) is 18.1. The zero-order valence-corrected chi connectivity index (χ0v) is 14.2. The van der Waals surface area contributed by atoms with E-state index >= 15 is 0 Å². The fourth-order valence-electron chi connectivity index (χ4n) is 2.35. The minimum absolute atomic E-state index is 0.0471. The predicted octanol–water partition coefficient (Wildman–Crippen LogP) is 6.01. The van der Waals surface area contributed by atoms with Crippen molar-refractivity contribution in [1.82, 2.24) is 9.97 Å². The Hall–Kier alpha value is -2.67. The molecule has 8 heteroatoms. The Bertz CT molecular complexity index is 957. The van der Waals surface area contributed by atoms with E-state index < -0.39 is 11.7 Å². The van der Waals surface area contributed by atoms with Gasteiger partial charge < -0.3 is 5.32 Å². The van der Waals surface area contributed by atoms with Crippen LogP contribution in [0.2, 0.25) is 5.15 Å². The zero-order valence-electron chi connectivity index (χ0n) is 13.4. The monoisotopic (exact) mass is 381 g/mol. The number of benzene rings is 2. The first-order chi connectivity index (χ1) is 12.2. The largest absolute Gasteiger partial charge is 0.416 e. The summed E-state index contributed by atoms with van der Waals surface area (Å²) in [6.07, 6.45) is -4.47. The van der Waals surface area contributed by atoms with Crippen molar-refractivity contribution < 1.29 is 17.6 Å². The topological polar surface area (TPSA) is 37.8 Å². The molecule has 0 bridgehead atoms. The van der Waals surface area contributed by atoms with Crippen LogP contribution in [0.4, 0.5) is 29.1 Å². The molecule has 0 aliphatic heterocycles. The van der Waals surface area contributed by atoms with Gasteiger partial charge in [0.05, 0.1) is 5.56 Å². The Balaban J connectivity index is 1.98. The lowest BCUT2D eigenvalue weighted by molar-refractivity contribution is -0.137. The average molecular weight is 382 g/mol. The van der Waals surface area contributed by atoms with Crippen molar-refractivity contribution in [3.8, 4) is 11.4 Å². The molecule has 0 aliphatic rings. The molecule has 3 aromatic rings. The quantitative estimate of drug-likeness (QED) is 0.446. The van der Waals surface area contributed by atoms with Crippen LogP contribution >= 0.6 is 11.6 Å². The number of hydrogen-bond donors (Lipinski definition) is 1. The van der Waals surface area contributed by atoms with E-state index in [1.807, 2.05) is 0 Å². The number of nitrogens with one attached hydrogen (secondary N) is 1. The van der Waals surface area contributed by atoms with Crippen molar-refractivity contribution >= 4 is 23.1 Å². The molecule has 0 amide bonds. The van der Waals surface area contributed by atoms with Crippen LogP contribution in [-0.4, -0.2) is 9.97 Å². The number of nitrogens with zero attached hydrogens (tertiary/aromatic N) is 2. The van der Waals surface area contributed by atoms with Crippen molar-refractivity contribution in [2.24, 2.45) is 0 Å². The summed E-state index contributed by atoms with van der Waals surface area (Å²) < 4.78 is 51.9. The molecule has 0 atom stereocenters. The highest BCUT2D eigenvalue weighted by atomic mass is 35.5. The molecule has 3 nitrogen and oxygen atoms in total. The third-order valence-corrected chi connectivity index (χ3v) is 3.79. The second-order valence-corrected chi connectivity index (χ2v) is 5.95. The number of hydrogen-bond acceptors (Lipinski definition) is 3. The first-order valence-electron chi connectivity index (χ1n) is 7.48. The van der Waals surface area contributed by atoms with Crippen LogP contribution in [0, 0.1) is 12.7 Å². The van der Waals surface area contributed by atoms with E-state index in [2.05, 4.69) is 15.3 Å². The lowest BCUT2D eigenvalue weighted by atomic mass is 10.1. The minimum Gasteiger partial charge on any atom is -0.340 e. The second-order valence-electron chi connectivity index (χ2n) is 5.56. The number of halogens is 5. The fourth-order valence-corrected chi connectivity index (χ4v) is 2.53. The molecular formula is C18H12ClF4N3. The van der Waals surface area contributed by atoms with Crippen LogP contribution < -0.4 is 5.32 Å². The Morgan fingerprint density at radius 1 is 1.00 bits per heavy atom. The predicted molar refractivity (Wildman–Crippen MR) is 91.9 cm³/mol. The lowest BCUT2D eigenvalue weighted by Crippen LogP contribution is -2.05. The molecule has 0 spiro atoms. The van der Waals surface area contributed by atoms with Crippen LogP contribution in [0.5, 0.6) is 0 Å². The second kappa shape index (κ2) is 6.92. The van der Waals surface area contributed by atoms with E-state index in [1.165, 1.54) is 36.4 Å². The van der Waals surface area contributed by atoms with E-state index in [4.69, 9.17) is 11.6 Å². The van der Waals surface area contributed by atoms with Crippen molar-refractivity contribution in [2.45, 2.75) is 13.1 Å². The van der Waals surface area contributed by atoms with Crippen molar-refractivity contribution in [1.29, 1.82) is 0 Å². The van der Waals surface area contributed by atoms with Gasteiger partial charge in [-0.2, -0.15) is 13.2 Å². The summed E-state index contributed by atoms with van der Waals surface area (Å²) >= 11 is 5.99. The molecule has 26 heavy (non-hydrogen) atoms. The number of anilines is 2. The summed E-state index contributed by atoms with van der Waals surface area (Å²) in [5.74, 6) is -0.0450. The molecule has 0 saturated carbocycles. The van der Waals surface area contributed by atoms with E-state index in [1.54, 1.807) is 6.92 Å². The standard InChI is InChI=1S/C18H12ClF4N3/c1-10-7-13(20)5-6-14(10)24-16-9-15(19)25-17(26-16)11-3-2-4-12(8-11)18(21,22)23/h2-9H,1H3,(H,24,25,26). The Kier molecular flexibility index (Phi) is 4.82.